The Balaban J connectivity index is 2.07. The van der Waals surface area contributed by atoms with Crippen LogP contribution in [0.4, 0.5) is 0 Å². The number of carboxylic acids is 1. The van der Waals surface area contributed by atoms with Crippen molar-refractivity contribution in [2.24, 2.45) is 5.41 Å². The molecule has 1 N–H and O–H groups in total. The number of rotatable bonds is 7. The van der Waals surface area contributed by atoms with E-state index in [0.29, 0.717) is 12.1 Å². The van der Waals surface area contributed by atoms with Crippen molar-refractivity contribution in [3.8, 4) is 0 Å². The van der Waals surface area contributed by atoms with Gasteiger partial charge < -0.3 is 5.11 Å². The highest BCUT2D eigenvalue weighted by molar-refractivity contribution is 5.83. The maximum Gasteiger partial charge on any atom is 0.314 e. The van der Waals surface area contributed by atoms with Crippen molar-refractivity contribution < 1.29 is 9.90 Å². The van der Waals surface area contributed by atoms with Crippen molar-refractivity contribution in [3.05, 3.63) is 35.4 Å². The van der Waals surface area contributed by atoms with Gasteiger partial charge in [0.2, 0.25) is 0 Å². The van der Waals surface area contributed by atoms with Gasteiger partial charge >= 0.3 is 5.97 Å². The summed E-state index contributed by atoms with van der Waals surface area (Å²) in [6.07, 6.45) is 2.45. The van der Waals surface area contributed by atoms with Crippen LogP contribution in [-0.2, 0) is 16.6 Å². The van der Waals surface area contributed by atoms with Gasteiger partial charge in [-0.3, -0.25) is 9.69 Å². The van der Waals surface area contributed by atoms with E-state index in [0.717, 1.165) is 31.4 Å². The lowest BCUT2D eigenvalue weighted by molar-refractivity contribution is -0.153. The molecule has 0 aromatic heterocycles. The minimum absolute atomic E-state index is 0.131. The molecule has 134 valence electrons. The molecule has 0 amide bonds. The Bertz CT molecular complexity index is 556. The van der Waals surface area contributed by atoms with Gasteiger partial charge in [-0.25, -0.2) is 0 Å². The maximum atomic E-state index is 11.8. The second-order valence-electron chi connectivity index (χ2n) is 8.78. The fraction of sp³-hybridized carbons (Fsp3) is 0.667. The van der Waals surface area contributed by atoms with Gasteiger partial charge in [0, 0.05) is 18.6 Å². The van der Waals surface area contributed by atoms with Crippen LogP contribution >= 0.6 is 0 Å². The third-order valence-electron chi connectivity index (χ3n) is 5.46. The van der Waals surface area contributed by atoms with Crippen molar-refractivity contribution in [2.45, 2.75) is 78.3 Å². The minimum atomic E-state index is -0.680. The first-order chi connectivity index (χ1) is 11.1. The first-order valence-electron chi connectivity index (χ1n) is 9.16. The molecule has 0 unspecified atom stereocenters. The van der Waals surface area contributed by atoms with Crippen LogP contribution in [0.2, 0.25) is 0 Å². The first kappa shape index (κ1) is 19.0. The zero-order chi connectivity index (χ0) is 18.1. The van der Waals surface area contributed by atoms with Crippen LogP contribution < -0.4 is 0 Å². The quantitative estimate of drug-likeness (QED) is 0.800. The standard InChI is InChI=1S/C21H33NO2/c1-15(2)22(16(3)4)12-11-17-7-9-18(10-8-17)21(19(23)24)13-20(5,6)14-21/h7-10,15-16H,11-14H2,1-6H3,(H,23,24). The Morgan fingerprint density at radius 1 is 1.08 bits per heavy atom. The zero-order valence-electron chi connectivity index (χ0n) is 16.1. The normalized spacial score (nSPS) is 18.9. The van der Waals surface area contributed by atoms with Crippen molar-refractivity contribution in [2.75, 3.05) is 6.54 Å². The molecule has 0 aliphatic heterocycles. The van der Waals surface area contributed by atoms with E-state index in [1.54, 1.807) is 0 Å². The highest BCUT2D eigenvalue weighted by Crippen LogP contribution is 2.55. The Kier molecular flexibility index (Phi) is 5.44. The van der Waals surface area contributed by atoms with Gasteiger partial charge in [-0.1, -0.05) is 38.1 Å². The molecule has 1 aromatic carbocycles. The lowest BCUT2D eigenvalue weighted by Gasteiger charge is -2.50. The van der Waals surface area contributed by atoms with Crippen LogP contribution in [0.15, 0.2) is 24.3 Å². The molecule has 1 saturated carbocycles. The Labute approximate surface area is 147 Å². The van der Waals surface area contributed by atoms with Crippen molar-refractivity contribution in [3.63, 3.8) is 0 Å². The second kappa shape index (κ2) is 6.87. The van der Waals surface area contributed by atoms with E-state index in [2.05, 4.69) is 58.6 Å². The van der Waals surface area contributed by atoms with E-state index in [-0.39, 0.29) is 5.41 Å². The molecular weight excluding hydrogens is 298 g/mol. The van der Waals surface area contributed by atoms with Crippen LogP contribution in [0.1, 0.15) is 65.5 Å². The van der Waals surface area contributed by atoms with E-state index in [1.165, 1.54) is 5.56 Å². The summed E-state index contributed by atoms with van der Waals surface area (Å²) in [5, 5.41) is 9.73. The molecule has 1 aromatic rings. The van der Waals surface area contributed by atoms with Gasteiger partial charge in [-0.05, 0) is 63.5 Å². The smallest absolute Gasteiger partial charge is 0.314 e. The van der Waals surface area contributed by atoms with Crippen LogP contribution in [0.25, 0.3) is 0 Å². The number of hydrogen-bond acceptors (Lipinski definition) is 2. The maximum absolute atomic E-state index is 11.8. The topological polar surface area (TPSA) is 40.5 Å². The average Bonchev–Trinajstić information content (AvgIpc) is 2.44. The lowest BCUT2D eigenvalue weighted by Crippen LogP contribution is -2.52. The lowest BCUT2D eigenvalue weighted by atomic mass is 9.52. The van der Waals surface area contributed by atoms with Gasteiger partial charge in [0.15, 0.2) is 0 Å². The summed E-state index contributed by atoms with van der Waals surface area (Å²) in [6.45, 7) is 14.3. The molecule has 3 heteroatoms. The molecule has 0 saturated heterocycles. The first-order valence-corrected chi connectivity index (χ1v) is 9.16. The van der Waals surface area contributed by atoms with Crippen LogP contribution in [0.5, 0.6) is 0 Å². The fourth-order valence-corrected chi connectivity index (χ4v) is 4.42. The Morgan fingerprint density at radius 2 is 1.58 bits per heavy atom. The van der Waals surface area contributed by atoms with Crippen molar-refractivity contribution in [1.82, 2.24) is 4.90 Å². The van der Waals surface area contributed by atoms with Crippen LogP contribution in [0.3, 0.4) is 0 Å². The third kappa shape index (κ3) is 3.83. The number of carbonyl (C=O) groups is 1. The van der Waals surface area contributed by atoms with Gasteiger partial charge in [0.05, 0.1) is 5.41 Å². The Morgan fingerprint density at radius 3 is 1.96 bits per heavy atom. The summed E-state index contributed by atoms with van der Waals surface area (Å²) < 4.78 is 0. The molecule has 0 bridgehead atoms. The number of hydrogen-bond donors (Lipinski definition) is 1. The SMILES string of the molecule is CC(C)N(CCc1ccc(C2(C(=O)O)CC(C)(C)C2)cc1)C(C)C. The molecule has 1 aliphatic rings. The summed E-state index contributed by atoms with van der Waals surface area (Å²) in [7, 11) is 0. The largest absolute Gasteiger partial charge is 0.481 e. The Hall–Kier alpha value is -1.35. The van der Waals surface area contributed by atoms with Gasteiger partial charge in [0.25, 0.3) is 0 Å². The molecule has 0 spiro atoms. The summed E-state index contributed by atoms with van der Waals surface area (Å²) in [5.41, 5.74) is 1.70. The average molecular weight is 332 g/mol. The van der Waals surface area contributed by atoms with E-state index >= 15 is 0 Å². The predicted molar refractivity (Wildman–Crippen MR) is 99.5 cm³/mol. The van der Waals surface area contributed by atoms with Gasteiger partial charge in [-0.2, -0.15) is 0 Å². The third-order valence-corrected chi connectivity index (χ3v) is 5.46. The van der Waals surface area contributed by atoms with E-state index in [1.807, 2.05) is 12.1 Å². The van der Waals surface area contributed by atoms with E-state index in [9.17, 15) is 9.90 Å². The highest BCUT2D eigenvalue weighted by Gasteiger charge is 2.55. The van der Waals surface area contributed by atoms with Gasteiger partial charge in [0.1, 0.15) is 0 Å². The molecule has 0 radical (unpaired) electrons. The molecule has 0 atom stereocenters. The van der Waals surface area contributed by atoms with Crippen LogP contribution in [-0.4, -0.2) is 34.6 Å². The number of benzene rings is 1. The van der Waals surface area contributed by atoms with E-state index < -0.39 is 11.4 Å². The number of nitrogens with zero attached hydrogens (tertiary/aromatic N) is 1. The predicted octanol–water partition coefficient (Wildman–Crippen LogP) is 4.49. The number of carboxylic acid groups (broad SMARTS) is 1. The molecule has 2 rings (SSSR count). The molecular formula is C21H33NO2. The van der Waals surface area contributed by atoms with E-state index in [4.69, 9.17) is 0 Å². The fourth-order valence-electron chi connectivity index (χ4n) is 4.42. The van der Waals surface area contributed by atoms with Crippen LogP contribution in [0, 0.1) is 5.41 Å². The zero-order valence-corrected chi connectivity index (χ0v) is 16.1. The molecule has 1 fully saturated rings. The second-order valence-corrected chi connectivity index (χ2v) is 8.78. The van der Waals surface area contributed by atoms with Crippen molar-refractivity contribution in [1.29, 1.82) is 0 Å². The minimum Gasteiger partial charge on any atom is -0.481 e. The summed E-state index contributed by atoms with van der Waals surface area (Å²) in [5.74, 6) is -0.680. The van der Waals surface area contributed by atoms with Crippen molar-refractivity contribution >= 4 is 5.97 Å². The highest BCUT2D eigenvalue weighted by atomic mass is 16.4. The molecule has 0 heterocycles. The summed E-state index contributed by atoms with van der Waals surface area (Å²) in [6, 6.07) is 9.38. The summed E-state index contributed by atoms with van der Waals surface area (Å²) >= 11 is 0. The summed E-state index contributed by atoms with van der Waals surface area (Å²) in [4.78, 5) is 14.3. The van der Waals surface area contributed by atoms with Gasteiger partial charge in [-0.15, -0.1) is 0 Å². The number of aliphatic carboxylic acids is 1. The molecule has 3 nitrogen and oxygen atoms in total. The molecule has 1 aliphatic carbocycles. The molecule has 24 heavy (non-hydrogen) atoms. The monoisotopic (exact) mass is 331 g/mol.